The van der Waals surface area contributed by atoms with Crippen LogP contribution in [0.5, 0.6) is 0 Å². The van der Waals surface area contributed by atoms with E-state index in [-0.39, 0.29) is 42.6 Å². The first kappa shape index (κ1) is 41.5. The SMILES string of the molecule is F[P-](F)(F)(F)(F)F.Fc1ccc(-c2[c-]cc(F)cc2F)nc1.Fc1ccc(-c2[c-]cc(F)cc2F)nc1.[Ir+3].c1ccc(-c2ccccn2)nc1. The normalized spacial score (nSPS) is 11.8. The first-order valence-corrected chi connectivity index (χ1v) is 15.1. The molecule has 0 aliphatic heterocycles. The van der Waals surface area contributed by atoms with Gasteiger partial charge in [0.25, 0.3) is 0 Å². The average molecular weight is 910 g/mol. The van der Waals surface area contributed by atoms with E-state index in [1.807, 2.05) is 36.4 Å². The van der Waals surface area contributed by atoms with Crippen LogP contribution in [0.25, 0.3) is 33.9 Å². The zero-order valence-electron chi connectivity index (χ0n) is 24.5. The van der Waals surface area contributed by atoms with Gasteiger partial charge in [0.05, 0.1) is 23.8 Å². The molecule has 4 aromatic heterocycles. The minimum absolute atomic E-state index is 0. The van der Waals surface area contributed by atoms with E-state index in [9.17, 15) is 51.5 Å². The Kier molecular flexibility index (Phi) is 13.9. The first-order chi connectivity index (χ1) is 22.7. The van der Waals surface area contributed by atoms with Crippen LogP contribution in [0.1, 0.15) is 0 Å². The Labute approximate surface area is 289 Å². The second-order valence-electron chi connectivity index (χ2n) is 9.19. The number of halogens is 12. The van der Waals surface area contributed by atoms with Crippen molar-refractivity contribution in [2.75, 3.05) is 0 Å². The smallest absolute Gasteiger partial charge is 0.302 e. The van der Waals surface area contributed by atoms with E-state index in [0.717, 1.165) is 60.2 Å². The molecule has 0 saturated carbocycles. The number of hydrogen-bond acceptors (Lipinski definition) is 4. The molecule has 4 nitrogen and oxygen atoms in total. The van der Waals surface area contributed by atoms with Crippen LogP contribution in [0.3, 0.4) is 0 Å². The molecular formula is C32H18F12IrN4P. The summed E-state index contributed by atoms with van der Waals surface area (Å²) in [4.78, 5) is 15.7. The van der Waals surface area contributed by atoms with Crippen molar-refractivity contribution in [1.82, 2.24) is 19.9 Å². The van der Waals surface area contributed by atoms with Gasteiger partial charge in [0.2, 0.25) is 0 Å². The summed E-state index contributed by atoms with van der Waals surface area (Å²) in [5.41, 5.74) is 2.31. The fourth-order valence-electron chi connectivity index (χ4n) is 3.36. The predicted octanol–water partition coefficient (Wildman–Crippen LogP) is 11.5. The summed E-state index contributed by atoms with van der Waals surface area (Å²) in [6.45, 7) is 0. The molecule has 0 saturated heterocycles. The number of aromatic nitrogens is 4. The van der Waals surface area contributed by atoms with Gasteiger partial charge in [0.1, 0.15) is 11.6 Å². The molecule has 0 amide bonds. The summed E-state index contributed by atoms with van der Waals surface area (Å²) in [7, 11) is -10.7. The molecule has 4 heterocycles. The second-order valence-corrected chi connectivity index (χ2v) is 11.1. The Bertz CT molecular complexity index is 1810. The van der Waals surface area contributed by atoms with E-state index in [2.05, 4.69) is 32.1 Å². The van der Waals surface area contributed by atoms with Gasteiger partial charge in [-0.2, -0.15) is 0 Å². The van der Waals surface area contributed by atoms with Gasteiger partial charge in [-0.3, -0.25) is 27.5 Å². The predicted molar refractivity (Wildman–Crippen MR) is 158 cm³/mol. The first-order valence-electron chi connectivity index (χ1n) is 13.1. The number of rotatable bonds is 3. The van der Waals surface area contributed by atoms with Crippen LogP contribution in [-0.2, 0) is 20.1 Å². The van der Waals surface area contributed by atoms with Crippen molar-refractivity contribution in [3.8, 4) is 33.9 Å². The van der Waals surface area contributed by atoms with Gasteiger partial charge >= 0.3 is 53.1 Å². The summed E-state index contributed by atoms with van der Waals surface area (Å²) in [5, 5.41) is 0. The molecule has 0 bridgehead atoms. The van der Waals surface area contributed by atoms with E-state index in [1.54, 1.807) is 12.4 Å². The molecule has 0 unspecified atom stereocenters. The largest absolute Gasteiger partial charge is 3.00 e. The minimum Gasteiger partial charge on any atom is -0.302 e. The van der Waals surface area contributed by atoms with E-state index in [4.69, 9.17) is 0 Å². The number of benzene rings is 2. The maximum Gasteiger partial charge on any atom is 3.00 e. The molecule has 6 aromatic rings. The number of pyridine rings is 4. The van der Waals surface area contributed by atoms with Crippen LogP contribution in [-0.4, -0.2) is 19.9 Å². The molecule has 0 radical (unpaired) electrons. The van der Waals surface area contributed by atoms with Crippen molar-refractivity contribution in [3.05, 3.63) is 157 Å². The molecule has 0 aliphatic carbocycles. The molecule has 2 aromatic carbocycles. The summed E-state index contributed by atoms with van der Waals surface area (Å²) >= 11 is 0. The van der Waals surface area contributed by atoms with Crippen LogP contribution in [0.4, 0.5) is 51.5 Å². The molecule has 6 rings (SSSR count). The van der Waals surface area contributed by atoms with E-state index < -0.39 is 42.7 Å². The van der Waals surface area contributed by atoms with Gasteiger partial charge in [-0.05, 0) is 47.8 Å². The third kappa shape index (κ3) is 16.1. The zero-order chi connectivity index (χ0) is 36.3. The van der Waals surface area contributed by atoms with E-state index in [1.165, 1.54) is 12.1 Å². The molecule has 50 heavy (non-hydrogen) atoms. The van der Waals surface area contributed by atoms with Gasteiger partial charge in [0.15, 0.2) is 0 Å². The van der Waals surface area contributed by atoms with Gasteiger partial charge < -0.3 is 9.97 Å². The standard InChI is InChI=1S/2C11H5F3N.C10H8N2.F6P.Ir/c2*12-7-1-3-9(10(14)5-7)11-4-2-8(13)6-15-11;1-3-7-11-9(5-1)10-6-2-4-8-12-10;1-7(2,3,4,5)6;/h2*1-2,4-6H;1-8H;;/q2*-1;;-1;+3. The molecule has 0 fully saturated rings. The monoisotopic (exact) mass is 910 g/mol. The van der Waals surface area contributed by atoms with Crippen molar-refractivity contribution in [1.29, 1.82) is 0 Å². The quantitative estimate of drug-likeness (QED) is 0.101. The van der Waals surface area contributed by atoms with Crippen LogP contribution >= 0.6 is 7.81 Å². The summed E-state index contributed by atoms with van der Waals surface area (Å²) in [6.07, 6.45) is 5.46. The Morgan fingerprint density at radius 2 is 0.800 bits per heavy atom. The average Bonchev–Trinajstić information content (AvgIpc) is 3.02. The Balaban J connectivity index is 0.000000237. The molecule has 0 atom stereocenters. The molecule has 0 N–H and O–H groups in total. The Morgan fingerprint density at radius 1 is 0.440 bits per heavy atom. The topological polar surface area (TPSA) is 51.6 Å². The van der Waals surface area contributed by atoms with Gasteiger partial charge in [-0.15, -0.1) is 24.3 Å². The molecule has 0 aliphatic rings. The maximum absolute atomic E-state index is 13.2. The van der Waals surface area contributed by atoms with Crippen molar-refractivity contribution >= 4 is 7.81 Å². The number of hydrogen-bond donors (Lipinski definition) is 0. The van der Waals surface area contributed by atoms with Crippen LogP contribution < -0.4 is 0 Å². The Hall–Kier alpha value is -4.72. The van der Waals surface area contributed by atoms with Gasteiger partial charge in [-0.1, -0.05) is 47.5 Å². The van der Waals surface area contributed by atoms with Crippen molar-refractivity contribution in [2.24, 2.45) is 0 Å². The van der Waals surface area contributed by atoms with E-state index in [0.29, 0.717) is 0 Å². The minimum atomic E-state index is -10.7. The van der Waals surface area contributed by atoms with Crippen molar-refractivity contribution < 1.29 is 71.6 Å². The molecule has 18 heteroatoms. The number of nitrogens with zero attached hydrogens (tertiary/aromatic N) is 4. The summed E-state index contributed by atoms with van der Waals surface area (Å²) < 4.78 is 136. The summed E-state index contributed by atoms with van der Waals surface area (Å²) in [6, 6.07) is 24.8. The van der Waals surface area contributed by atoms with Gasteiger partial charge in [0, 0.05) is 35.7 Å². The van der Waals surface area contributed by atoms with Gasteiger partial charge in [-0.25, -0.2) is 8.78 Å². The molecule has 264 valence electrons. The van der Waals surface area contributed by atoms with Crippen molar-refractivity contribution in [2.45, 2.75) is 0 Å². The third-order valence-electron chi connectivity index (χ3n) is 5.27. The zero-order valence-corrected chi connectivity index (χ0v) is 27.8. The van der Waals surface area contributed by atoms with Crippen LogP contribution in [0, 0.1) is 47.0 Å². The third-order valence-corrected chi connectivity index (χ3v) is 5.27. The molecular weight excluding hydrogens is 892 g/mol. The van der Waals surface area contributed by atoms with E-state index >= 15 is 0 Å². The fourth-order valence-corrected chi connectivity index (χ4v) is 3.36. The second kappa shape index (κ2) is 16.8. The molecule has 0 spiro atoms. The van der Waals surface area contributed by atoms with Crippen LogP contribution in [0.15, 0.2) is 110 Å². The summed E-state index contributed by atoms with van der Waals surface area (Å²) in [5.74, 6) is -3.98. The fraction of sp³-hybridized carbons (Fsp3) is 0. The maximum atomic E-state index is 13.2. The Morgan fingerprint density at radius 3 is 1.06 bits per heavy atom. The van der Waals surface area contributed by atoms with Crippen LogP contribution in [0.2, 0.25) is 0 Å². The van der Waals surface area contributed by atoms with Crippen molar-refractivity contribution in [3.63, 3.8) is 0 Å².